The lowest BCUT2D eigenvalue weighted by molar-refractivity contribution is -0.144. The number of hydrogen-bond donors (Lipinski definition) is 1. The monoisotopic (exact) mass is 358 g/mol. The summed E-state index contributed by atoms with van der Waals surface area (Å²) >= 11 is 17.9. The molecule has 2 aliphatic rings. The number of thioether (sulfide) groups is 1. The summed E-state index contributed by atoms with van der Waals surface area (Å²) in [5.41, 5.74) is 0.792. The molecule has 110 valence electrons. The number of β-lactam (4-membered cyclic amide) rings is 1. The van der Waals surface area contributed by atoms with E-state index in [-0.39, 0.29) is 11.4 Å². The van der Waals surface area contributed by atoms with Crippen LogP contribution in [0.25, 0.3) is 0 Å². The Balaban J connectivity index is 2.17. The molecule has 1 amide bonds. The highest BCUT2D eigenvalue weighted by Gasteiger charge is 2.51. The van der Waals surface area contributed by atoms with E-state index in [1.807, 2.05) is 0 Å². The van der Waals surface area contributed by atoms with Crippen molar-refractivity contribution in [3.8, 4) is 0 Å². The molecule has 0 aromatic carbocycles. The summed E-state index contributed by atoms with van der Waals surface area (Å²) in [4.78, 5) is 25.0. The van der Waals surface area contributed by atoms with Gasteiger partial charge in [0, 0.05) is 5.75 Å². The highest BCUT2D eigenvalue weighted by Crippen LogP contribution is 2.39. The zero-order valence-corrected chi connectivity index (χ0v) is 13.2. The Bertz CT molecular complexity index is 529. The molecule has 10 heteroatoms. The van der Waals surface area contributed by atoms with Crippen LogP contribution in [0.1, 0.15) is 6.92 Å². The predicted octanol–water partition coefficient (Wildman–Crippen LogP) is 1.92. The third kappa shape index (κ3) is 2.86. The highest BCUT2D eigenvalue weighted by atomic mass is 35.6. The van der Waals surface area contributed by atoms with Gasteiger partial charge in [0.2, 0.25) is 3.79 Å². The number of esters is 1. The van der Waals surface area contributed by atoms with Crippen molar-refractivity contribution in [1.82, 2.24) is 4.90 Å². The van der Waals surface area contributed by atoms with Crippen LogP contribution in [0, 0.1) is 0 Å². The fraction of sp³-hybridized carbons (Fsp3) is 0.500. The Morgan fingerprint density at radius 1 is 1.60 bits per heavy atom. The van der Waals surface area contributed by atoms with E-state index in [9.17, 15) is 9.59 Å². The van der Waals surface area contributed by atoms with Crippen molar-refractivity contribution in [3.63, 3.8) is 0 Å². The van der Waals surface area contributed by atoms with Crippen LogP contribution in [0.3, 0.4) is 0 Å². The first-order valence-electron chi connectivity index (χ1n) is 5.37. The summed E-state index contributed by atoms with van der Waals surface area (Å²) in [6.07, 6.45) is 0. The third-order valence-electron chi connectivity index (χ3n) is 2.68. The van der Waals surface area contributed by atoms with E-state index in [1.165, 1.54) is 16.7 Å². The van der Waals surface area contributed by atoms with Crippen LogP contribution in [0.5, 0.6) is 0 Å². The SMILES string of the molecule is CC1=C(C(=O)OCC(Cl)(Cl)Cl)N2C(=O)C(=NO)[C@@H]2SC1. The number of carbonyl (C=O) groups is 2. The first-order chi connectivity index (χ1) is 9.26. The average Bonchev–Trinajstić information content (AvgIpc) is 2.36. The van der Waals surface area contributed by atoms with Gasteiger partial charge >= 0.3 is 5.97 Å². The lowest BCUT2D eigenvalue weighted by Crippen LogP contribution is -2.62. The summed E-state index contributed by atoms with van der Waals surface area (Å²) in [7, 11) is 0. The van der Waals surface area contributed by atoms with Crippen molar-refractivity contribution in [2.75, 3.05) is 12.4 Å². The number of amides is 1. The molecule has 2 aliphatic heterocycles. The lowest BCUT2D eigenvalue weighted by Gasteiger charge is -2.43. The summed E-state index contributed by atoms with van der Waals surface area (Å²) in [5, 5.41) is 11.2. The van der Waals surface area contributed by atoms with Gasteiger partial charge in [-0.3, -0.25) is 9.69 Å². The number of alkyl halides is 3. The van der Waals surface area contributed by atoms with Crippen LogP contribution < -0.4 is 0 Å². The van der Waals surface area contributed by atoms with Crippen LogP contribution in [-0.2, 0) is 14.3 Å². The van der Waals surface area contributed by atoms with Crippen LogP contribution in [0.4, 0.5) is 0 Å². The van der Waals surface area contributed by atoms with Gasteiger partial charge < -0.3 is 9.94 Å². The third-order valence-corrected chi connectivity index (χ3v) is 4.35. The van der Waals surface area contributed by atoms with E-state index < -0.39 is 27.6 Å². The standard InChI is InChI=1S/C10H9Cl3N2O4S/c1-4-2-20-8-5(14-18)7(16)15(8)6(4)9(17)19-3-10(11,12)13/h8,18H,2-3H2,1H3/t8-/m0/s1. The number of rotatable bonds is 2. The highest BCUT2D eigenvalue weighted by molar-refractivity contribution is 8.01. The second-order valence-electron chi connectivity index (χ2n) is 4.14. The lowest BCUT2D eigenvalue weighted by atomic mass is 10.1. The van der Waals surface area contributed by atoms with Crippen LogP contribution in [0.2, 0.25) is 0 Å². The van der Waals surface area contributed by atoms with Crippen LogP contribution in [-0.4, -0.2) is 49.2 Å². The summed E-state index contributed by atoms with van der Waals surface area (Å²) in [5.74, 6) is -0.777. The largest absolute Gasteiger partial charge is 0.456 e. The maximum Gasteiger partial charge on any atom is 0.355 e. The Morgan fingerprint density at radius 3 is 2.80 bits per heavy atom. The molecular weight excluding hydrogens is 351 g/mol. The normalized spacial score (nSPS) is 24.6. The number of halogens is 3. The second-order valence-corrected chi connectivity index (χ2v) is 7.73. The molecule has 0 spiro atoms. The zero-order valence-electron chi connectivity index (χ0n) is 10.1. The number of ether oxygens (including phenoxy) is 1. The number of oxime groups is 1. The minimum atomic E-state index is -1.72. The van der Waals surface area contributed by atoms with Crippen molar-refractivity contribution < 1.29 is 19.5 Å². The predicted molar refractivity (Wildman–Crippen MR) is 76.3 cm³/mol. The first-order valence-corrected chi connectivity index (χ1v) is 7.55. The number of nitrogens with zero attached hydrogens (tertiary/aromatic N) is 2. The van der Waals surface area contributed by atoms with Crippen molar-refractivity contribution in [3.05, 3.63) is 11.3 Å². The smallest absolute Gasteiger partial charge is 0.355 e. The molecule has 1 fully saturated rings. The molecule has 0 radical (unpaired) electrons. The van der Waals surface area contributed by atoms with Gasteiger partial charge in [0.1, 0.15) is 17.7 Å². The average molecular weight is 360 g/mol. The number of fused-ring (bicyclic) bond motifs is 1. The van der Waals surface area contributed by atoms with Gasteiger partial charge in [0.05, 0.1) is 0 Å². The molecule has 2 rings (SSSR count). The Morgan fingerprint density at radius 2 is 2.25 bits per heavy atom. The van der Waals surface area contributed by atoms with Gasteiger partial charge in [0.25, 0.3) is 5.91 Å². The molecule has 0 aromatic heterocycles. The molecule has 2 heterocycles. The van der Waals surface area contributed by atoms with E-state index in [2.05, 4.69) is 5.16 Å². The molecule has 0 unspecified atom stereocenters. The van der Waals surface area contributed by atoms with Gasteiger partial charge in [-0.25, -0.2) is 4.79 Å². The topological polar surface area (TPSA) is 79.2 Å². The van der Waals surface area contributed by atoms with E-state index in [1.54, 1.807) is 6.92 Å². The van der Waals surface area contributed by atoms with E-state index >= 15 is 0 Å². The molecule has 20 heavy (non-hydrogen) atoms. The minimum Gasteiger partial charge on any atom is -0.456 e. The van der Waals surface area contributed by atoms with Crippen molar-refractivity contribution >= 4 is 64.2 Å². The molecule has 0 bridgehead atoms. The van der Waals surface area contributed by atoms with Gasteiger partial charge in [-0.05, 0) is 12.5 Å². The molecule has 1 N–H and O–H groups in total. The number of carbonyl (C=O) groups excluding carboxylic acids is 2. The molecule has 1 saturated heterocycles. The van der Waals surface area contributed by atoms with E-state index in [4.69, 9.17) is 44.7 Å². The molecule has 1 atom stereocenters. The van der Waals surface area contributed by atoms with E-state index in [0.717, 1.165) is 0 Å². The Kier molecular flexibility index (Phi) is 4.44. The van der Waals surface area contributed by atoms with Crippen LogP contribution in [0.15, 0.2) is 16.4 Å². The van der Waals surface area contributed by atoms with Gasteiger partial charge in [-0.1, -0.05) is 40.0 Å². The van der Waals surface area contributed by atoms with Crippen molar-refractivity contribution in [1.29, 1.82) is 0 Å². The fourth-order valence-corrected chi connectivity index (χ4v) is 3.19. The molecular formula is C10H9Cl3N2O4S. The van der Waals surface area contributed by atoms with Gasteiger partial charge in [0.15, 0.2) is 5.71 Å². The molecule has 6 nitrogen and oxygen atoms in total. The fourth-order valence-electron chi connectivity index (χ4n) is 1.82. The molecule has 0 saturated carbocycles. The first kappa shape index (κ1) is 15.8. The summed E-state index contributed by atoms with van der Waals surface area (Å²) in [6, 6.07) is 0. The van der Waals surface area contributed by atoms with Gasteiger partial charge in [-0.15, -0.1) is 11.8 Å². The molecule has 0 aliphatic carbocycles. The summed E-state index contributed by atoms with van der Waals surface area (Å²) < 4.78 is 3.17. The maximum atomic E-state index is 12.0. The van der Waals surface area contributed by atoms with Crippen molar-refractivity contribution in [2.24, 2.45) is 5.16 Å². The Labute approximate surface area is 133 Å². The number of hydrogen-bond acceptors (Lipinski definition) is 6. The molecule has 0 aromatic rings. The quantitative estimate of drug-likeness (QED) is 0.268. The van der Waals surface area contributed by atoms with Crippen molar-refractivity contribution in [2.45, 2.75) is 16.1 Å². The zero-order chi connectivity index (χ0) is 15.1. The van der Waals surface area contributed by atoms with Gasteiger partial charge in [-0.2, -0.15) is 0 Å². The van der Waals surface area contributed by atoms with E-state index in [0.29, 0.717) is 11.3 Å². The minimum absolute atomic E-state index is 0.00850. The maximum absolute atomic E-state index is 12.0. The Hall–Kier alpha value is -0.630. The summed E-state index contributed by atoms with van der Waals surface area (Å²) in [6.45, 7) is 1.28. The second kappa shape index (κ2) is 5.63. The van der Waals surface area contributed by atoms with Crippen LogP contribution >= 0.6 is 46.6 Å².